The fraction of sp³-hybridized carbons (Fsp3) is 0.588. The van der Waals surface area contributed by atoms with Gasteiger partial charge in [0.2, 0.25) is 0 Å². The minimum Gasteiger partial charge on any atom is -0.382 e. The second-order valence-corrected chi connectivity index (χ2v) is 5.50. The van der Waals surface area contributed by atoms with Crippen LogP contribution in [0.15, 0.2) is 29.3 Å². The molecule has 0 spiro atoms. The number of benzene rings is 1. The molecule has 1 aromatic rings. The number of unbranched alkanes of at least 4 members (excludes halogenated alkanes) is 1. The number of nitrogens with zero attached hydrogens (tertiary/aromatic N) is 1. The lowest BCUT2D eigenvalue weighted by Gasteiger charge is -2.11. The molecule has 0 aliphatic carbocycles. The van der Waals surface area contributed by atoms with E-state index in [4.69, 9.17) is 21.1 Å². The van der Waals surface area contributed by atoms with Crippen molar-refractivity contribution >= 4 is 17.6 Å². The van der Waals surface area contributed by atoms with Crippen LogP contribution in [0.1, 0.15) is 25.3 Å². The van der Waals surface area contributed by atoms with E-state index in [1.165, 1.54) is 0 Å². The molecule has 0 unspecified atom stereocenters. The molecule has 0 aliphatic rings. The van der Waals surface area contributed by atoms with E-state index < -0.39 is 0 Å². The van der Waals surface area contributed by atoms with E-state index in [0.29, 0.717) is 19.8 Å². The summed E-state index contributed by atoms with van der Waals surface area (Å²) in [6.45, 7) is 6.45. The van der Waals surface area contributed by atoms with Crippen LogP contribution in [0, 0.1) is 0 Å². The number of guanidine groups is 1. The highest BCUT2D eigenvalue weighted by Gasteiger charge is 1.98. The van der Waals surface area contributed by atoms with Crippen molar-refractivity contribution in [3.8, 4) is 0 Å². The van der Waals surface area contributed by atoms with Gasteiger partial charge in [0.1, 0.15) is 0 Å². The summed E-state index contributed by atoms with van der Waals surface area (Å²) >= 11 is 5.99. The zero-order valence-electron chi connectivity index (χ0n) is 14.1. The fourth-order valence-corrected chi connectivity index (χ4v) is 2.14. The zero-order chi connectivity index (χ0) is 16.8. The topological polar surface area (TPSA) is 54.9 Å². The Hall–Kier alpha value is -1.30. The Morgan fingerprint density at radius 3 is 2.78 bits per heavy atom. The van der Waals surface area contributed by atoms with Gasteiger partial charge >= 0.3 is 0 Å². The van der Waals surface area contributed by atoms with Gasteiger partial charge in [0, 0.05) is 31.8 Å². The number of nitrogens with one attached hydrogen (secondary N) is 2. The summed E-state index contributed by atoms with van der Waals surface area (Å²) in [6.07, 6.45) is 2.05. The van der Waals surface area contributed by atoms with E-state index in [2.05, 4.69) is 22.5 Å². The van der Waals surface area contributed by atoms with Crippen molar-refractivity contribution in [2.45, 2.75) is 26.3 Å². The third-order valence-electron chi connectivity index (χ3n) is 3.09. The van der Waals surface area contributed by atoms with Gasteiger partial charge in [0.05, 0.1) is 19.8 Å². The van der Waals surface area contributed by atoms with Gasteiger partial charge in [-0.1, -0.05) is 23.7 Å². The summed E-state index contributed by atoms with van der Waals surface area (Å²) in [5, 5.41) is 7.32. The van der Waals surface area contributed by atoms with E-state index in [-0.39, 0.29) is 0 Å². The van der Waals surface area contributed by atoms with Gasteiger partial charge in [0.15, 0.2) is 5.96 Å². The predicted molar refractivity (Wildman–Crippen MR) is 96.2 cm³/mol. The Balaban J connectivity index is 2.24. The lowest BCUT2D eigenvalue weighted by Crippen LogP contribution is -2.37. The summed E-state index contributed by atoms with van der Waals surface area (Å²) in [6, 6.07) is 7.77. The van der Waals surface area contributed by atoms with Crippen LogP contribution in [0.25, 0.3) is 0 Å². The van der Waals surface area contributed by atoms with Crippen LogP contribution >= 0.6 is 11.6 Å². The number of hydrogen-bond donors (Lipinski definition) is 2. The Kier molecular flexibility index (Phi) is 11.3. The minimum atomic E-state index is 0.607. The first-order valence-corrected chi connectivity index (χ1v) is 8.47. The Morgan fingerprint density at radius 1 is 1.17 bits per heavy atom. The van der Waals surface area contributed by atoms with Crippen molar-refractivity contribution in [1.82, 2.24) is 10.6 Å². The molecule has 1 rings (SSSR count). The van der Waals surface area contributed by atoms with Gasteiger partial charge < -0.3 is 20.1 Å². The normalized spacial score (nSPS) is 11.5. The van der Waals surface area contributed by atoms with Crippen molar-refractivity contribution in [2.75, 3.05) is 40.0 Å². The quantitative estimate of drug-likeness (QED) is 0.369. The van der Waals surface area contributed by atoms with Crippen LogP contribution in [-0.2, 0) is 16.0 Å². The maximum atomic E-state index is 5.99. The molecule has 6 heteroatoms. The Labute approximate surface area is 144 Å². The Morgan fingerprint density at radius 2 is 2.04 bits per heavy atom. The maximum Gasteiger partial charge on any atom is 0.191 e. The number of hydrogen-bond acceptors (Lipinski definition) is 3. The molecule has 1 aromatic carbocycles. The highest BCUT2D eigenvalue weighted by Crippen LogP contribution is 2.11. The Bertz CT molecular complexity index is 455. The number of methoxy groups -OCH3 is 1. The summed E-state index contributed by atoms with van der Waals surface area (Å²) in [7, 11) is 1.68. The lowest BCUT2D eigenvalue weighted by molar-refractivity contribution is 0.0689. The van der Waals surface area contributed by atoms with Crippen LogP contribution in [0.2, 0.25) is 5.02 Å². The highest BCUT2D eigenvalue weighted by molar-refractivity contribution is 6.30. The molecular formula is C17H28ClN3O2. The first-order valence-electron chi connectivity index (χ1n) is 8.09. The van der Waals surface area contributed by atoms with Crippen LogP contribution in [0.5, 0.6) is 0 Å². The van der Waals surface area contributed by atoms with Crippen molar-refractivity contribution in [1.29, 1.82) is 0 Å². The second-order valence-electron chi connectivity index (χ2n) is 5.06. The van der Waals surface area contributed by atoms with Crippen molar-refractivity contribution in [3.05, 3.63) is 34.9 Å². The van der Waals surface area contributed by atoms with E-state index in [1.807, 2.05) is 24.3 Å². The van der Waals surface area contributed by atoms with Crippen LogP contribution in [-0.4, -0.2) is 46.0 Å². The largest absolute Gasteiger partial charge is 0.382 e. The number of ether oxygens (including phenoxy) is 2. The average Bonchev–Trinajstić information content (AvgIpc) is 2.55. The third-order valence-corrected chi connectivity index (χ3v) is 3.33. The zero-order valence-corrected chi connectivity index (χ0v) is 14.9. The number of aliphatic imine (C=N–C) groups is 1. The van der Waals surface area contributed by atoms with Crippen LogP contribution in [0.4, 0.5) is 0 Å². The van der Waals surface area contributed by atoms with Gasteiger partial charge in [-0.05, 0) is 37.5 Å². The molecule has 0 aliphatic heterocycles. The van der Waals surface area contributed by atoms with Crippen LogP contribution in [0.3, 0.4) is 0 Å². The molecule has 130 valence electrons. The molecule has 2 N–H and O–H groups in total. The maximum absolute atomic E-state index is 5.99. The molecule has 0 radical (unpaired) electrons. The van der Waals surface area contributed by atoms with E-state index in [9.17, 15) is 0 Å². The van der Waals surface area contributed by atoms with Gasteiger partial charge in [-0.3, -0.25) is 0 Å². The molecule has 0 amide bonds. The van der Waals surface area contributed by atoms with Crippen molar-refractivity contribution < 1.29 is 9.47 Å². The van der Waals surface area contributed by atoms with Crippen molar-refractivity contribution in [3.63, 3.8) is 0 Å². The predicted octanol–water partition coefficient (Wildman–Crippen LogP) is 2.84. The molecule has 0 atom stereocenters. The van der Waals surface area contributed by atoms with E-state index >= 15 is 0 Å². The fourth-order valence-electron chi connectivity index (χ4n) is 1.93. The SMILES string of the molecule is CCNC(=NCc1cccc(Cl)c1)NCCCCOCCOC. The molecular weight excluding hydrogens is 314 g/mol. The average molecular weight is 342 g/mol. The number of rotatable bonds is 11. The van der Waals surface area contributed by atoms with Gasteiger partial charge in [-0.2, -0.15) is 0 Å². The van der Waals surface area contributed by atoms with E-state index in [0.717, 1.165) is 49.1 Å². The van der Waals surface area contributed by atoms with Gasteiger partial charge in [0.25, 0.3) is 0 Å². The lowest BCUT2D eigenvalue weighted by atomic mass is 10.2. The molecule has 5 nitrogen and oxygen atoms in total. The van der Waals surface area contributed by atoms with Gasteiger partial charge in [-0.15, -0.1) is 0 Å². The molecule has 0 aromatic heterocycles. The molecule has 0 fully saturated rings. The molecule has 0 saturated carbocycles. The van der Waals surface area contributed by atoms with Crippen molar-refractivity contribution in [2.24, 2.45) is 4.99 Å². The third kappa shape index (κ3) is 10.2. The first kappa shape index (κ1) is 19.7. The molecule has 23 heavy (non-hydrogen) atoms. The standard InChI is InChI=1S/C17H28ClN3O2/c1-3-19-17(20-9-4-5-10-23-12-11-22-2)21-14-15-7-6-8-16(18)13-15/h6-8,13H,3-5,9-12,14H2,1-2H3,(H2,19,20,21). The molecule has 0 heterocycles. The van der Waals surface area contributed by atoms with E-state index in [1.54, 1.807) is 7.11 Å². The van der Waals surface area contributed by atoms with Crippen LogP contribution < -0.4 is 10.6 Å². The summed E-state index contributed by atoms with van der Waals surface area (Å²) < 4.78 is 10.4. The first-order chi connectivity index (χ1) is 11.3. The number of halogens is 1. The minimum absolute atomic E-state index is 0.607. The molecule has 0 saturated heterocycles. The smallest absolute Gasteiger partial charge is 0.191 e. The highest BCUT2D eigenvalue weighted by atomic mass is 35.5. The summed E-state index contributed by atoms with van der Waals surface area (Å²) in [5.74, 6) is 0.827. The van der Waals surface area contributed by atoms with Gasteiger partial charge in [-0.25, -0.2) is 4.99 Å². The summed E-state index contributed by atoms with van der Waals surface area (Å²) in [4.78, 5) is 4.57. The summed E-state index contributed by atoms with van der Waals surface area (Å²) in [5.41, 5.74) is 1.10. The second kappa shape index (κ2) is 13.2. The molecule has 0 bridgehead atoms. The monoisotopic (exact) mass is 341 g/mol.